The van der Waals surface area contributed by atoms with Crippen molar-refractivity contribution >= 4 is 40.5 Å². The quantitative estimate of drug-likeness (QED) is 0.157. The highest BCUT2D eigenvalue weighted by Gasteiger charge is 2.15. The van der Waals surface area contributed by atoms with Crippen molar-refractivity contribution in [1.29, 1.82) is 0 Å². The van der Waals surface area contributed by atoms with Gasteiger partial charge in [-0.05, 0) is 47.2 Å². The highest BCUT2D eigenvalue weighted by atomic mass is 79.9. The summed E-state index contributed by atoms with van der Waals surface area (Å²) in [5.41, 5.74) is 3.19. The molecule has 0 radical (unpaired) electrons. The van der Waals surface area contributed by atoms with E-state index in [1.54, 1.807) is 23.7 Å². The molecule has 5 nitrogen and oxygen atoms in total. The number of halogens is 1. The van der Waals surface area contributed by atoms with Crippen molar-refractivity contribution in [2.75, 3.05) is 24.4 Å². The number of nitrogens with one attached hydrogen (secondary N) is 1. The molecule has 1 aliphatic heterocycles. The summed E-state index contributed by atoms with van der Waals surface area (Å²) in [5.74, 6) is 1.89. The maximum atomic E-state index is 12.7. The zero-order valence-electron chi connectivity index (χ0n) is 24.6. The molecule has 1 aliphatic rings. The Balaban J connectivity index is 0.00000560. The molecule has 40 heavy (non-hydrogen) atoms. The van der Waals surface area contributed by atoms with E-state index in [0.717, 1.165) is 42.4 Å². The van der Waals surface area contributed by atoms with Crippen molar-refractivity contribution in [1.82, 2.24) is 10.2 Å². The SMILES string of the molecule is Br.CCCCCCCCCCCCCCOc1ccc(CN(C(=O)NC)c2ccc(CN3C=CSC3)cc2)cc1. The maximum absolute atomic E-state index is 12.7. The molecule has 0 aromatic heterocycles. The van der Waals surface area contributed by atoms with Crippen LogP contribution >= 0.6 is 28.7 Å². The summed E-state index contributed by atoms with van der Waals surface area (Å²) >= 11 is 1.81. The molecular weight excluding hydrogens is 582 g/mol. The fourth-order valence-electron chi connectivity index (χ4n) is 4.85. The van der Waals surface area contributed by atoms with Crippen LogP contribution in [-0.2, 0) is 13.1 Å². The second-order valence-corrected chi connectivity index (χ2v) is 11.4. The number of benzene rings is 2. The fraction of sp³-hybridized carbons (Fsp3) is 0.545. The van der Waals surface area contributed by atoms with Gasteiger partial charge in [0.1, 0.15) is 5.75 Å². The van der Waals surface area contributed by atoms with Gasteiger partial charge in [0.15, 0.2) is 0 Å². The molecule has 2 amide bonds. The Labute approximate surface area is 257 Å². The lowest BCUT2D eigenvalue weighted by atomic mass is 10.1. The molecule has 7 heteroatoms. The van der Waals surface area contributed by atoms with E-state index in [0.29, 0.717) is 6.54 Å². The van der Waals surface area contributed by atoms with Crippen LogP contribution in [0.1, 0.15) is 95.1 Å². The molecule has 0 atom stereocenters. The van der Waals surface area contributed by atoms with Gasteiger partial charge in [0, 0.05) is 25.5 Å². The minimum atomic E-state index is -0.117. The van der Waals surface area contributed by atoms with Crippen LogP contribution in [0.2, 0.25) is 0 Å². The predicted octanol–water partition coefficient (Wildman–Crippen LogP) is 9.67. The van der Waals surface area contributed by atoms with E-state index in [2.05, 4.69) is 53.0 Å². The summed E-state index contributed by atoms with van der Waals surface area (Å²) < 4.78 is 5.98. The summed E-state index contributed by atoms with van der Waals surface area (Å²) in [5, 5.41) is 4.90. The topological polar surface area (TPSA) is 44.8 Å². The van der Waals surface area contributed by atoms with Crippen molar-refractivity contribution in [3.8, 4) is 5.75 Å². The first-order valence-corrected chi connectivity index (χ1v) is 16.1. The first-order valence-electron chi connectivity index (χ1n) is 15.0. The standard InChI is InChI=1S/C33H49N3O2S.BrH/c1-3-4-5-6-7-8-9-10-11-12-13-14-24-38-32-21-17-30(18-22-32)27-36(33(37)34-2)31-19-15-29(16-20-31)26-35-23-25-39-28-35;/h15-23,25H,3-14,24,26-28H2,1-2H3,(H,34,37);1H. The van der Waals surface area contributed by atoms with Gasteiger partial charge in [-0.2, -0.15) is 0 Å². The highest BCUT2D eigenvalue weighted by molar-refractivity contribution is 8.93. The highest BCUT2D eigenvalue weighted by Crippen LogP contribution is 2.23. The number of hydrogen-bond donors (Lipinski definition) is 1. The number of thioether (sulfide) groups is 1. The van der Waals surface area contributed by atoms with Crippen molar-refractivity contribution in [3.05, 3.63) is 71.3 Å². The lowest BCUT2D eigenvalue weighted by Gasteiger charge is -2.23. The van der Waals surface area contributed by atoms with E-state index in [1.807, 2.05) is 24.3 Å². The number of carbonyl (C=O) groups is 1. The van der Waals surface area contributed by atoms with Gasteiger partial charge in [-0.15, -0.1) is 28.7 Å². The molecule has 1 N–H and O–H groups in total. The van der Waals surface area contributed by atoms with E-state index >= 15 is 0 Å². The molecule has 0 saturated heterocycles. The molecule has 0 unspecified atom stereocenters. The molecule has 2 aromatic rings. The summed E-state index contributed by atoms with van der Waals surface area (Å²) in [6, 6.07) is 16.3. The van der Waals surface area contributed by atoms with Crippen LogP contribution in [0.15, 0.2) is 60.1 Å². The first-order chi connectivity index (χ1) is 19.2. The van der Waals surface area contributed by atoms with Gasteiger partial charge in [-0.25, -0.2) is 4.79 Å². The van der Waals surface area contributed by atoms with Crippen LogP contribution in [0.3, 0.4) is 0 Å². The Morgan fingerprint density at radius 1 is 0.850 bits per heavy atom. The minimum absolute atomic E-state index is 0. The Kier molecular flexibility index (Phi) is 17.6. The summed E-state index contributed by atoms with van der Waals surface area (Å²) in [7, 11) is 1.67. The molecule has 222 valence electrons. The number of rotatable bonds is 19. The van der Waals surface area contributed by atoms with Crippen LogP contribution in [0.4, 0.5) is 10.5 Å². The van der Waals surface area contributed by atoms with Gasteiger partial charge in [0.2, 0.25) is 0 Å². The number of urea groups is 1. The minimum Gasteiger partial charge on any atom is -0.494 e. The van der Waals surface area contributed by atoms with Crippen molar-refractivity contribution in [2.45, 2.75) is 97.1 Å². The van der Waals surface area contributed by atoms with Gasteiger partial charge >= 0.3 is 6.03 Å². The zero-order valence-corrected chi connectivity index (χ0v) is 27.1. The van der Waals surface area contributed by atoms with E-state index < -0.39 is 0 Å². The summed E-state index contributed by atoms with van der Waals surface area (Å²) in [6.07, 6.45) is 18.3. The van der Waals surface area contributed by atoms with Gasteiger partial charge in [0.25, 0.3) is 0 Å². The average Bonchev–Trinajstić information content (AvgIpc) is 3.48. The molecule has 0 aliphatic carbocycles. The number of anilines is 1. The third-order valence-electron chi connectivity index (χ3n) is 7.23. The number of hydrogen-bond acceptors (Lipinski definition) is 4. The van der Waals surface area contributed by atoms with E-state index in [9.17, 15) is 4.79 Å². The molecule has 0 bridgehead atoms. The number of amides is 2. The van der Waals surface area contributed by atoms with Crippen LogP contribution in [0, 0.1) is 0 Å². The van der Waals surface area contributed by atoms with E-state index in [1.165, 1.54) is 76.2 Å². The predicted molar refractivity (Wildman–Crippen MR) is 178 cm³/mol. The molecule has 2 aromatic carbocycles. The molecule has 0 fully saturated rings. The second-order valence-electron chi connectivity index (χ2n) is 10.5. The van der Waals surface area contributed by atoms with E-state index in [4.69, 9.17) is 4.74 Å². The van der Waals surface area contributed by atoms with Crippen LogP contribution < -0.4 is 15.0 Å². The van der Waals surface area contributed by atoms with Crippen LogP contribution in [-0.4, -0.2) is 30.5 Å². The van der Waals surface area contributed by atoms with Crippen molar-refractivity contribution in [2.24, 2.45) is 0 Å². The Morgan fingerprint density at radius 3 is 1.98 bits per heavy atom. The molecule has 0 saturated carbocycles. The Morgan fingerprint density at radius 2 is 1.43 bits per heavy atom. The van der Waals surface area contributed by atoms with Gasteiger partial charge in [0.05, 0.1) is 19.0 Å². The maximum Gasteiger partial charge on any atom is 0.321 e. The Bertz CT molecular complexity index is 969. The lowest BCUT2D eigenvalue weighted by molar-refractivity contribution is 0.248. The van der Waals surface area contributed by atoms with Gasteiger partial charge in [-0.3, -0.25) is 4.90 Å². The number of carbonyl (C=O) groups excluding carboxylic acids is 1. The number of nitrogens with zero attached hydrogens (tertiary/aromatic N) is 2. The molecular formula is C33H50BrN3O2S. The number of unbranched alkanes of at least 4 members (excludes halogenated alkanes) is 11. The third kappa shape index (κ3) is 13.0. The van der Waals surface area contributed by atoms with Crippen molar-refractivity contribution < 1.29 is 9.53 Å². The summed E-state index contributed by atoms with van der Waals surface area (Å²) in [4.78, 5) is 16.7. The monoisotopic (exact) mass is 631 g/mol. The average molecular weight is 633 g/mol. The third-order valence-corrected chi connectivity index (χ3v) is 8.03. The van der Waals surface area contributed by atoms with Gasteiger partial charge in [-0.1, -0.05) is 102 Å². The lowest BCUT2D eigenvalue weighted by Crippen LogP contribution is -2.37. The molecule has 0 spiro atoms. The fourth-order valence-corrected chi connectivity index (χ4v) is 5.56. The van der Waals surface area contributed by atoms with Crippen LogP contribution in [0.25, 0.3) is 0 Å². The Hall–Kier alpha value is -2.12. The number of ether oxygens (including phenoxy) is 1. The first kappa shape index (κ1) is 34.1. The van der Waals surface area contributed by atoms with E-state index in [-0.39, 0.29) is 23.0 Å². The largest absolute Gasteiger partial charge is 0.494 e. The normalized spacial score (nSPS) is 12.3. The van der Waals surface area contributed by atoms with Crippen LogP contribution in [0.5, 0.6) is 5.75 Å². The molecule has 3 rings (SSSR count). The zero-order chi connectivity index (χ0) is 27.5. The molecule has 1 heterocycles. The summed E-state index contributed by atoms with van der Waals surface area (Å²) in [6.45, 7) is 4.42. The second kappa shape index (κ2) is 20.7. The van der Waals surface area contributed by atoms with Gasteiger partial charge < -0.3 is 15.0 Å². The van der Waals surface area contributed by atoms with Crippen molar-refractivity contribution in [3.63, 3.8) is 0 Å². The smallest absolute Gasteiger partial charge is 0.321 e.